The number of hydrogen-bond donors (Lipinski definition) is 0. The smallest absolute Gasteiger partial charge is 0.267 e. The summed E-state index contributed by atoms with van der Waals surface area (Å²) in [6.07, 6.45) is 0. The monoisotopic (exact) mass is 472 g/mol. The summed E-state index contributed by atoms with van der Waals surface area (Å²) in [6, 6.07) is 16.0. The summed E-state index contributed by atoms with van der Waals surface area (Å²) >= 11 is 12.1. The third kappa shape index (κ3) is 4.89. The van der Waals surface area contributed by atoms with E-state index in [0.29, 0.717) is 47.7 Å². The van der Waals surface area contributed by atoms with Gasteiger partial charge >= 0.3 is 0 Å². The van der Waals surface area contributed by atoms with Crippen LogP contribution in [0.25, 0.3) is 11.3 Å². The Labute approximate surface area is 195 Å². The molecule has 1 aliphatic rings. The summed E-state index contributed by atoms with van der Waals surface area (Å²) in [5, 5.41) is 5.41. The van der Waals surface area contributed by atoms with Crippen LogP contribution in [0.3, 0.4) is 0 Å². The topological polar surface area (TPSA) is 67.7 Å². The van der Waals surface area contributed by atoms with Gasteiger partial charge in [0.2, 0.25) is 5.91 Å². The molecule has 0 N–H and O–H groups in total. The van der Waals surface area contributed by atoms with Crippen molar-refractivity contribution in [2.75, 3.05) is 38.2 Å². The number of carbonyl (C=O) groups excluding carboxylic acids is 1. The Balaban J connectivity index is 1.43. The molecule has 2 aromatic carbocycles. The van der Waals surface area contributed by atoms with Crippen LogP contribution >= 0.6 is 23.2 Å². The summed E-state index contributed by atoms with van der Waals surface area (Å²) in [4.78, 5) is 29.1. The van der Waals surface area contributed by atoms with Crippen LogP contribution in [0, 0.1) is 0 Å². The Morgan fingerprint density at radius 3 is 2.50 bits per heavy atom. The Kier molecular flexibility index (Phi) is 6.67. The number of rotatable bonds is 5. The molecule has 1 saturated heterocycles. The molecular formula is C23H22Cl2N4O3. The van der Waals surface area contributed by atoms with Gasteiger partial charge in [-0.15, -0.1) is 0 Å². The summed E-state index contributed by atoms with van der Waals surface area (Å²) in [5.74, 6) is 0.550. The van der Waals surface area contributed by atoms with E-state index < -0.39 is 0 Å². The van der Waals surface area contributed by atoms with E-state index in [4.69, 9.17) is 27.9 Å². The number of amides is 1. The van der Waals surface area contributed by atoms with Crippen LogP contribution < -0.4 is 15.2 Å². The third-order valence-electron chi connectivity index (χ3n) is 5.42. The fourth-order valence-electron chi connectivity index (χ4n) is 3.62. The predicted octanol–water partition coefficient (Wildman–Crippen LogP) is 3.57. The lowest BCUT2D eigenvalue weighted by Crippen LogP contribution is -2.50. The summed E-state index contributed by atoms with van der Waals surface area (Å²) in [7, 11) is 1.59. The van der Waals surface area contributed by atoms with Crippen molar-refractivity contribution < 1.29 is 9.53 Å². The average Bonchev–Trinajstić information content (AvgIpc) is 2.82. The molecule has 4 rings (SSSR count). The molecule has 1 amide bonds. The van der Waals surface area contributed by atoms with Gasteiger partial charge in [-0.2, -0.15) is 5.10 Å². The van der Waals surface area contributed by atoms with Crippen LogP contribution in [0.15, 0.2) is 59.4 Å². The van der Waals surface area contributed by atoms with Gasteiger partial charge in [-0.3, -0.25) is 9.59 Å². The Hall–Kier alpha value is -3.03. The second-order valence-corrected chi connectivity index (χ2v) is 8.23. The van der Waals surface area contributed by atoms with Crippen molar-refractivity contribution >= 4 is 34.8 Å². The van der Waals surface area contributed by atoms with Gasteiger partial charge < -0.3 is 14.5 Å². The van der Waals surface area contributed by atoms with Gasteiger partial charge in [-0.25, -0.2) is 4.68 Å². The van der Waals surface area contributed by atoms with Gasteiger partial charge in [0.25, 0.3) is 5.56 Å². The number of nitrogens with zero attached hydrogens (tertiary/aromatic N) is 4. The van der Waals surface area contributed by atoms with E-state index in [2.05, 4.69) is 10.00 Å². The lowest BCUT2D eigenvalue weighted by atomic mass is 10.1. The second kappa shape index (κ2) is 9.63. The van der Waals surface area contributed by atoms with E-state index in [1.807, 2.05) is 36.4 Å². The number of carbonyl (C=O) groups is 1. The summed E-state index contributed by atoms with van der Waals surface area (Å²) in [5.41, 5.74) is 2.05. The Morgan fingerprint density at radius 1 is 1.00 bits per heavy atom. The van der Waals surface area contributed by atoms with E-state index in [0.717, 1.165) is 11.3 Å². The number of halogens is 2. The van der Waals surface area contributed by atoms with Crippen LogP contribution in [0.1, 0.15) is 0 Å². The minimum atomic E-state index is -0.320. The van der Waals surface area contributed by atoms with E-state index in [9.17, 15) is 9.59 Å². The Morgan fingerprint density at radius 2 is 1.78 bits per heavy atom. The highest BCUT2D eigenvalue weighted by molar-refractivity contribution is 6.42. The van der Waals surface area contributed by atoms with Gasteiger partial charge in [0.1, 0.15) is 12.3 Å². The van der Waals surface area contributed by atoms with Gasteiger partial charge in [0.05, 0.1) is 22.8 Å². The molecule has 32 heavy (non-hydrogen) atoms. The first-order chi connectivity index (χ1) is 15.4. The molecule has 0 aliphatic carbocycles. The van der Waals surface area contributed by atoms with Crippen molar-refractivity contribution in [3.05, 3.63) is 75.0 Å². The Bertz CT molecular complexity index is 1190. The molecular weight excluding hydrogens is 451 g/mol. The maximum Gasteiger partial charge on any atom is 0.267 e. The van der Waals surface area contributed by atoms with Crippen molar-refractivity contribution in [1.29, 1.82) is 0 Å². The second-order valence-electron chi connectivity index (χ2n) is 7.41. The summed E-state index contributed by atoms with van der Waals surface area (Å²) in [6.45, 7) is 2.31. The number of methoxy groups -OCH3 is 1. The van der Waals surface area contributed by atoms with Crippen molar-refractivity contribution in [1.82, 2.24) is 14.7 Å². The molecule has 3 aromatic rings. The quantitative estimate of drug-likeness (QED) is 0.567. The van der Waals surface area contributed by atoms with Crippen LogP contribution in [-0.2, 0) is 11.3 Å². The molecule has 7 nitrogen and oxygen atoms in total. The molecule has 1 fully saturated rings. The first kappa shape index (κ1) is 22.2. The van der Waals surface area contributed by atoms with Crippen molar-refractivity contribution in [2.24, 2.45) is 0 Å². The number of hydrogen-bond acceptors (Lipinski definition) is 5. The fraction of sp³-hybridized carbons (Fsp3) is 0.261. The molecule has 9 heteroatoms. The molecule has 0 saturated carbocycles. The van der Waals surface area contributed by atoms with E-state index in [-0.39, 0.29) is 18.0 Å². The van der Waals surface area contributed by atoms with Gasteiger partial charge in [0.15, 0.2) is 0 Å². The van der Waals surface area contributed by atoms with Crippen molar-refractivity contribution in [3.63, 3.8) is 0 Å². The SMILES string of the molecule is COc1cccc(-c2ccc(=O)n(CC(=O)N3CCN(c4ccc(Cl)c(Cl)c4)CC3)n2)c1. The molecule has 1 aromatic heterocycles. The molecule has 0 unspecified atom stereocenters. The molecule has 0 spiro atoms. The highest BCUT2D eigenvalue weighted by Gasteiger charge is 2.22. The van der Waals surface area contributed by atoms with E-state index in [1.165, 1.54) is 10.7 Å². The normalized spacial score (nSPS) is 13.8. The molecule has 1 aliphatic heterocycles. The lowest BCUT2D eigenvalue weighted by molar-refractivity contribution is -0.132. The van der Waals surface area contributed by atoms with Crippen LogP contribution in [0.2, 0.25) is 10.0 Å². The predicted molar refractivity (Wildman–Crippen MR) is 126 cm³/mol. The van der Waals surface area contributed by atoms with Crippen molar-refractivity contribution in [3.8, 4) is 17.0 Å². The van der Waals surface area contributed by atoms with Crippen LogP contribution in [0.5, 0.6) is 5.75 Å². The highest BCUT2D eigenvalue weighted by Crippen LogP contribution is 2.28. The van der Waals surface area contributed by atoms with Gasteiger partial charge in [0, 0.05) is 43.5 Å². The third-order valence-corrected chi connectivity index (χ3v) is 6.16. The van der Waals surface area contributed by atoms with E-state index in [1.54, 1.807) is 24.1 Å². The first-order valence-corrected chi connectivity index (χ1v) is 10.9. The number of aromatic nitrogens is 2. The number of anilines is 1. The van der Waals surface area contributed by atoms with Crippen LogP contribution in [0.4, 0.5) is 5.69 Å². The van der Waals surface area contributed by atoms with Crippen molar-refractivity contribution in [2.45, 2.75) is 6.54 Å². The molecule has 2 heterocycles. The number of benzene rings is 2. The fourth-order valence-corrected chi connectivity index (χ4v) is 3.91. The van der Waals surface area contributed by atoms with Gasteiger partial charge in [-0.1, -0.05) is 35.3 Å². The van der Waals surface area contributed by atoms with Crippen LogP contribution in [-0.4, -0.2) is 53.9 Å². The molecule has 166 valence electrons. The summed E-state index contributed by atoms with van der Waals surface area (Å²) < 4.78 is 6.46. The maximum atomic E-state index is 12.9. The molecule has 0 radical (unpaired) electrons. The lowest BCUT2D eigenvalue weighted by Gasteiger charge is -2.36. The molecule has 0 bridgehead atoms. The maximum absolute atomic E-state index is 12.9. The minimum Gasteiger partial charge on any atom is -0.497 e. The molecule has 0 atom stereocenters. The number of piperazine rings is 1. The standard InChI is InChI=1S/C23H22Cl2N4O3/c1-32-18-4-2-3-16(13-18)21-7-8-22(30)29(26-21)15-23(31)28-11-9-27(10-12-28)17-5-6-19(24)20(25)14-17/h2-8,13-14H,9-12,15H2,1H3. The highest BCUT2D eigenvalue weighted by atomic mass is 35.5. The van der Waals surface area contributed by atoms with Gasteiger partial charge in [-0.05, 0) is 36.4 Å². The van der Waals surface area contributed by atoms with E-state index >= 15 is 0 Å². The zero-order chi connectivity index (χ0) is 22.7. The first-order valence-electron chi connectivity index (χ1n) is 10.1. The minimum absolute atomic E-state index is 0.108. The zero-order valence-corrected chi connectivity index (χ0v) is 19.0. The largest absolute Gasteiger partial charge is 0.497 e. The number of ether oxygens (including phenoxy) is 1. The average molecular weight is 473 g/mol. The zero-order valence-electron chi connectivity index (χ0n) is 17.5.